The van der Waals surface area contributed by atoms with Crippen molar-refractivity contribution in [3.63, 3.8) is 0 Å². The lowest BCUT2D eigenvalue weighted by molar-refractivity contribution is 0.0931. The average Bonchev–Trinajstić information content (AvgIpc) is 2.87. The van der Waals surface area contributed by atoms with Gasteiger partial charge in [0.1, 0.15) is 0 Å². The van der Waals surface area contributed by atoms with E-state index in [-0.39, 0.29) is 6.04 Å². The van der Waals surface area contributed by atoms with Crippen molar-refractivity contribution in [3.8, 4) is 0 Å². The highest BCUT2D eigenvalue weighted by Gasteiger charge is 2.32. The summed E-state index contributed by atoms with van der Waals surface area (Å²) in [4.78, 5) is 4.06. The van der Waals surface area contributed by atoms with Gasteiger partial charge in [-0.3, -0.25) is 0 Å². The Bertz CT molecular complexity index is 507. The van der Waals surface area contributed by atoms with Crippen LogP contribution in [0.15, 0.2) is 43.0 Å². The van der Waals surface area contributed by atoms with Gasteiger partial charge >= 0.3 is 0 Å². The highest BCUT2D eigenvalue weighted by Crippen LogP contribution is 2.43. The van der Waals surface area contributed by atoms with E-state index in [2.05, 4.69) is 18.0 Å². The van der Waals surface area contributed by atoms with Crippen molar-refractivity contribution in [1.82, 2.24) is 9.55 Å². The minimum atomic E-state index is -0.434. The van der Waals surface area contributed by atoms with Gasteiger partial charge < -0.3 is 9.67 Å². The van der Waals surface area contributed by atoms with Gasteiger partial charge in [0.25, 0.3) is 0 Å². The number of hydrogen-bond donors (Lipinski definition) is 1. The third-order valence-electron chi connectivity index (χ3n) is 3.71. The first kappa shape index (κ1) is 10.5. The van der Waals surface area contributed by atoms with Crippen molar-refractivity contribution >= 4 is 0 Å². The maximum Gasteiger partial charge on any atom is 0.1000 e. The van der Waals surface area contributed by atoms with Crippen LogP contribution >= 0.6 is 0 Å². The van der Waals surface area contributed by atoms with Gasteiger partial charge in [0.05, 0.1) is 18.5 Å². The van der Waals surface area contributed by atoms with Crippen LogP contribution in [-0.2, 0) is 0 Å². The van der Waals surface area contributed by atoms with Gasteiger partial charge in [-0.1, -0.05) is 31.2 Å². The molecule has 3 heteroatoms. The fourth-order valence-corrected chi connectivity index (χ4v) is 2.80. The van der Waals surface area contributed by atoms with Crippen LogP contribution in [0, 0.1) is 0 Å². The number of aromatic nitrogens is 2. The molecular weight excluding hydrogens is 212 g/mol. The van der Waals surface area contributed by atoms with Gasteiger partial charge in [-0.25, -0.2) is 4.98 Å². The van der Waals surface area contributed by atoms with E-state index < -0.39 is 6.10 Å². The molecule has 1 aliphatic carbocycles. The molecule has 3 unspecified atom stereocenters. The molecule has 0 amide bonds. The Labute approximate surface area is 101 Å². The van der Waals surface area contributed by atoms with Gasteiger partial charge in [-0.2, -0.15) is 0 Å². The molecule has 1 aromatic carbocycles. The molecule has 0 aliphatic heterocycles. The summed E-state index contributed by atoms with van der Waals surface area (Å²) in [6, 6.07) is 8.28. The largest absolute Gasteiger partial charge is 0.386 e. The lowest BCUT2D eigenvalue weighted by Crippen LogP contribution is -2.24. The third-order valence-corrected chi connectivity index (χ3v) is 3.71. The highest BCUT2D eigenvalue weighted by atomic mass is 16.3. The lowest BCUT2D eigenvalue weighted by atomic mass is 9.79. The molecule has 2 aromatic rings. The number of benzene rings is 1. The predicted octanol–water partition coefficient (Wildman–Crippen LogP) is 2.67. The summed E-state index contributed by atoms with van der Waals surface area (Å²) >= 11 is 0. The average molecular weight is 228 g/mol. The summed E-state index contributed by atoms with van der Waals surface area (Å²) in [5, 5.41) is 10.5. The fourth-order valence-electron chi connectivity index (χ4n) is 2.80. The normalized spacial score (nSPS) is 27.8. The Kier molecular flexibility index (Phi) is 2.48. The monoisotopic (exact) mass is 228 g/mol. The first-order valence-corrected chi connectivity index (χ1v) is 6.01. The van der Waals surface area contributed by atoms with Gasteiger partial charge in [-0.15, -0.1) is 0 Å². The van der Waals surface area contributed by atoms with Crippen LogP contribution in [0.2, 0.25) is 0 Å². The van der Waals surface area contributed by atoms with Gasteiger partial charge in [-0.05, 0) is 23.5 Å². The Morgan fingerprint density at radius 2 is 2.06 bits per heavy atom. The van der Waals surface area contributed by atoms with Crippen LogP contribution in [0.4, 0.5) is 0 Å². The molecular formula is C14H16N2O. The molecule has 0 saturated heterocycles. The quantitative estimate of drug-likeness (QED) is 0.814. The minimum absolute atomic E-state index is 0.0994. The van der Waals surface area contributed by atoms with E-state index in [4.69, 9.17) is 0 Å². The molecule has 0 bridgehead atoms. The molecule has 0 spiro atoms. The second-order valence-electron chi connectivity index (χ2n) is 4.79. The maximum atomic E-state index is 10.5. The molecule has 3 nitrogen and oxygen atoms in total. The molecule has 1 aliphatic rings. The second kappa shape index (κ2) is 4.00. The summed E-state index contributed by atoms with van der Waals surface area (Å²) in [6.07, 6.45) is 5.99. The van der Waals surface area contributed by atoms with E-state index in [1.165, 1.54) is 5.56 Å². The summed E-state index contributed by atoms with van der Waals surface area (Å²) in [5.74, 6) is 0.474. The smallest absolute Gasteiger partial charge is 0.1000 e. The van der Waals surface area contributed by atoms with Crippen molar-refractivity contribution in [2.75, 3.05) is 0 Å². The second-order valence-corrected chi connectivity index (χ2v) is 4.79. The number of nitrogens with zero attached hydrogens (tertiary/aromatic N) is 2. The number of imidazole rings is 1. The van der Waals surface area contributed by atoms with E-state index in [1.54, 1.807) is 12.5 Å². The van der Waals surface area contributed by atoms with Crippen LogP contribution in [0.3, 0.4) is 0 Å². The van der Waals surface area contributed by atoms with Crippen LogP contribution in [0.1, 0.15) is 42.5 Å². The van der Waals surface area contributed by atoms with Crippen molar-refractivity contribution in [3.05, 3.63) is 54.1 Å². The van der Waals surface area contributed by atoms with E-state index in [9.17, 15) is 5.11 Å². The van der Waals surface area contributed by atoms with Crippen LogP contribution < -0.4 is 0 Å². The third kappa shape index (κ3) is 1.67. The van der Waals surface area contributed by atoms with Crippen molar-refractivity contribution in [1.29, 1.82) is 0 Å². The molecule has 0 radical (unpaired) electrons. The van der Waals surface area contributed by atoms with E-state index in [1.807, 2.05) is 29.0 Å². The SMILES string of the molecule is CC1CC(n2ccnc2)C(O)c2ccccc21. The number of fused-ring (bicyclic) bond motifs is 1. The zero-order valence-electron chi connectivity index (χ0n) is 9.82. The Morgan fingerprint density at radius 1 is 1.29 bits per heavy atom. The zero-order chi connectivity index (χ0) is 11.8. The van der Waals surface area contributed by atoms with Crippen molar-refractivity contribution in [2.24, 2.45) is 0 Å². The lowest BCUT2D eigenvalue weighted by Gasteiger charge is -2.34. The van der Waals surface area contributed by atoms with E-state index >= 15 is 0 Å². The first-order chi connectivity index (χ1) is 8.27. The molecule has 3 atom stereocenters. The van der Waals surface area contributed by atoms with E-state index in [0.29, 0.717) is 5.92 Å². The van der Waals surface area contributed by atoms with Gasteiger partial charge in [0.15, 0.2) is 0 Å². The molecule has 1 heterocycles. The fraction of sp³-hybridized carbons (Fsp3) is 0.357. The number of hydrogen-bond acceptors (Lipinski definition) is 2. The maximum absolute atomic E-state index is 10.5. The first-order valence-electron chi connectivity index (χ1n) is 6.01. The summed E-state index contributed by atoms with van der Waals surface area (Å²) < 4.78 is 2.01. The Morgan fingerprint density at radius 3 is 2.76 bits per heavy atom. The molecule has 17 heavy (non-hydrogen) atoms. The molecule has 0 saturated carbocycles. The Balaban J connectivity index is 2.03. The molecule has 1 aromatic heterocycles. The van der Waals surface area contributed by atoms with Crippen molar-refractivity contribution in [2.45, 2.75) is 31.4 Å². The molecule has 3 rings (SSSR count). The molecule has 88 valence electrons. The molecule has 0 fully saturated rings. The summed E-state index contributed by atoms with van der Waals surface area (Å²) in [7, 11) is 0. The number of aliphatic hydroxyl groups excluding tert-OH is 1. The summed E-state index contributed by atoms with van der Waals surface area (Å²) in [6.45, 7) is 2.22. The van der Waals surface area contributed by atoms with Crippen LogP contribution in [0.25, 0.3) is 0 Å². The number of aliphatic hydroxyl groups is 1. The minimum Gasteiger partial charge on any atom is -0.386 e. The topological polar surface area (TPSA) is 38.0 Å². The molecule has 1 N–H and O–H groups in total. The predicted molar refractivity (Wildman–Crippen MR) is 65.7 cm³/mol. The van der Waals surface area contributed by atoms with Gasteiger partial charge in [0.2, 0.25) is 0 Å². The standard InChI is InChI=1S/C14H16N2O/c1-10-8-13(16-7-6-15-9-16)14(17)12-5-3-2-4-11(10)12/h2-7,9-10,13-14,17H,8H2,1H3. The zero-order valence-corrected chi connectivity index (χ0v) is 9.82. The Hall–Kier alpha value is -1.61. The summed E-state index contributed by atoms with van der Waals surface area (Å²) in [5.41, 5.74) is 2.33. The highest BCUT2D eigenvalue weighted by molar-refractivity contribution is 5.35. The van der Waals surface area contributed by atoms with Crippen LogP contribution in [0.5, 0.6) is 0 Å². The number of rotatable bonds is 1. The van der Waals surface area contributed by atoms with Crippen molar-refractivity contribution < 1.29 is 5.11 Å². The van der Waals surface area contributed by atoms with Gasteiger partial charge in [0, 0.05) is 12.4 Å². The van der Waals surface area contributed by atoms with Crippen LogP contribution in [-0.4, -0.2) is 14.7 Å². The van der Waals surface area contributed by atoms with E-state index in [0.717, 1.165) is 12.0 Å².